The summed E-state index contributed by atoms with van der Waals surface area (Å²) in [5, 5.41) is 12.4. The highest BCUT2D eigenvalue weighted by atomic mass is 16.6. The van der Waals surface area contributed by atoms with E-state index in [-0.39, 0.29) is 5.41 Å². The summed E-state index contributed by atoms with van der Waals surface area (Å²) in [6.07, 6.45) is 22.4. The van der Waals surface area contributed by atoms with Crippen LogP contribution in [0.2, 0.25) is 0 Å². The van der Waals surface area contributed by atoms with Crippen LogP contribution in [0.1, 0.15) is 124 Å². The standard InChI is InChI=1S/C23H45NO2/c1-4-7-8-9-10-11-12-13-14-15-16-17-18-19-23(5-2,6-3)21-20-24-22(25)26-21/h20,22,24-25H,4-19H2,1-3H3. The van der Waals surface area contributed by atoms with Gasteiger partial charge in [0, 0.05) is 11.6 Å². The molecule has 154 valence electrons. The molecule has 0 aliphatic carbocycles. The van der Waals surface area contributed by atoms with Crippen molar-refractivity contribution in [3.63, 3.8) is 0 Å². The van der Waals surface area contributed by atoms with Gasteiger partial charge in [0.25, 0.3) is 6.41 Å². The molecule has 0 aromatic heterocycles. The van der Waals surface area contributed by atoms with Crippen LogP contribution in [0, 0.1) is 5.41 Å². The highest BCUT2D eigenvalue weighted by Gasteiger charge is 2.35. The van der Waals surface area contributed by atoms with Crippen LogP contribution in [-0.2, 0) is 4.74 Å². The van der Waals surface area contributed by atoms with E-state index >= 15 is 0 Å². The van der Waals surface area contributed by atoms with Gasteiger partial charge in [-0.25, -0.2) is 0 Å². The summed E-state index contributed by atoms with van der Waals surface area (Å²) in [6, 6.07) is 0. The smallest absolute Gasteiger partial charge is 0.278 e. The summed E-state index contributed by atoms with van der Waals surface area (Å²) >= 11 is 0. The summed E-state index contributed by atoms with van der Waals surface area (Å²) in [5.74, 6) is 0.953. The molecular formula is C23H45NO2. The number of hydrogen-bond acceptors (Lipinski definition) is 3. The molecule has 2 N–H and O–H groups in total. The highest BCUT2D eigenvalue weighted by Crippen LogP contribution is 2.42. The van der Waals surface area contributed by atoms with Gasteiger partial charge in [-0.2, -0.15) is 0 Å². The Bertz CT molecular complexity index is 363. The number of allylic oxidation sites excluding steroid dienone is 1. The van der Waals surface area contributed by atoms with Crippen LogP contribution in [0.5, 0.6) is 0 Å². The second-order valence-corrected chi connectivity index (χ2v) is 8.13. The van der Waals surface area contributed by atoms with Crippen LogP contribution in [0.4, 0.5) is 0 Å². The first kappa shape index (κ1) is 23.3. The molecule has 0 radical (unpaired) electrons. The van der Waals surface area contributed by atoms with Crippen LogP contribution >= 0.6 is 0 Å². The van der Waals surface area contributed by atoms with Crippen molar-refractivity contribution in [3.05, 3.63) is 12.0 Å². The third-order valence-corrected chi connectivity index (χ3v) is 6.23. The monoisotopic (exact) mass is 367 g/mol. The molecule has 0 saturated carbocycles. The van der Waals surface area contributed by atoms with Gasteiger partial charge in [0.2, 0.25) is 0 Å². The van der Waals surface area contributed by atoms with Gasteiger partial charge in [-0.1, -0.05) is 104 Å². The van der Waals surface area contributed by atoms with E-state index in [9.17, 15) is 5.11 Å². The van der Waals surface area contributed by atoms with Gasteiger partial charge >= 0.3 is 0 Å². The third kappa shape index (κ3) is 8.79. The Hall–Kier alpha value is -0.700. The maximum Gasteiger partial charge on any atom is 0.278 e. The Morgan fingerprint density at radius 1 is 0.808 bits per heavy atom. The van der Waals surface area contributed by atoms with Crippen molar-refractivity contribution in [2.45, 2.75) is 130 Å². The van der Waals surface area contributed by atoms with E-state index in [2.05, 4.69) is 26.1 Å². The van der Waals surface area contributed by atoms with Gasteiger partial charge in [0.15, 0.2) is 0 Å². The van der Waals surface area contributed by atoms with E-state index in [1.165, 1.54) is 83.5 Å². The highest BCUT2D eigenvalue weighted by molar-refractivity contribution is 5.10. The molecular weight excluding hydrogens is 322 g/mol. The number of rotatable bonds is 17. The summed E-state index contributed by atoms with van der Waals surface area (Å²) < 4.78 is 5.58. The van der Waals surface area contributed by atoms with Crippen molar-refractivity contribution < 1.29 is 9.84 Å². The molecule has 26 heavy (non-hydrogen) atoms. The largest absolute Gasteiger partial charge is 0.449 e. The summed E-state index contributed by atoms with van der Waals surface area (Å²) in [7, 11) is 0. The summed E-state index contributed by atoms with van der Waals surface area (Å²) in [4.78, 5) is 0. The lowest BCUT2D eigenvalue weighted by molar-refractivity contribution is -0.0791. The molecule has 0 bridgehead atoms. The first-order valence-corrected chi connectivity index (χ1v) is 11.5. The molecule has 0 aromatic rings. The molecule has 3 heteroatoms. The lowest BCUT2D eigenvalue weighted by atomic mass is 9.76. The second-order valence-electron chi connectivity index (χ2n) is 8.13. The van der Waals surface area contributed by atoms with Crippen molar-refractivity contribution in [1.82, 2.24) is 5.32 Å². The van der Waals surface area contributed by atoms with Crippen LogP contribution in [0.3, 0.4) is 0 Å². The van der Waals surface area contributed by atoms with E-state index in [1.54, 1.807) is 0 Å². The number of aliphatic hydroxyl groups is 1. The number of nitrogens with one attached hydrogen (secondary N) is 1. The maximum atomic E-state index is 9.55. The average molecular weight is 368 g/mol. The van der Waals surface area contributed by atoms with E-state index in [0.717, 1.165) is 25.0 Å². The van der Waals surface area contributed by atoms with Gasteiger partial charge in [0.1, 0.15) is 5.76 Å². The maximum absolute atomic E-state index is 9.55. The van der Waals surface area contributed by atoms with Crippen LogP contribution < -0.4 is 5.32 Å². The molecule has 0 amide bonds. The summed E-state index contributed by atoms with van der Waals surface area (Å²) in [5.41, 5.74) is 0.0995. The Morgan fingerprint density at radius 3 is 1.65 bits per heavy atom. The number of ether oxygens (including phenoxy) is 1. The topological polar surface area (TPSA) is 41.5 Å². The van der Waals surface area contributed by atoms with Crippen molar-refractivity contribution >= 4 is 0 Å². The molecule has 1 aliphatic heterocycles. The van der Waals surface area contributed by atoms with E-state index in [0.29, 0.717) is 0 Å². The van der Waals surface area contributed by atoms with Crippen LogP contribution in [-0.4, -0.2) is 11.5 Å². The third-order valence-electron chi connectivity index (χ3n) is 6.23. The zero-order valence-corrected chi connectivity index (χ0v) is 17.8. The van der Waals surface area contributed by atoms with Crippen LogP contribution in [0.25, 0.3) is 0 Å². The quantitative estimate of drug-likeness (QED) is 0.272. The van der Waals surface area contributed by atoms with Gasteiger partial charge < -0.3 is 15.2 Å². The molecule has 3 nitrogen and oxygen atoms in total. The predicted molar refractivity (Wildman–Crippen MR) is 112 cm³/mol. The summed E-state index contributed by atoms with van der Waals surface area (Å²) in [6.45, 7) is 6.76. The Balaban J connectivity index is 2.02. The minimum absolute atomic E-state index is 0.0995. The van der Waals surface area contributed by atoms with Crippen molar-refractivity contribution in [3.8, 4) is 0 Å². The molecule has 1 aliphatic rings. The number of unbranched alkanes of at least 4 members (excludes halogenated alkanes) is 12. The van der Waals surface area contributed by atoms with Gasteiger partial charge in [-0.05, 0) is 19.3 Å². The molecule has 1 unspecified atom stereocenters. The van der Waals surface area contributed by atoms with E-state index in [4.69, 9.17) is 4.74 Å². The van der Waals surface area contributed by atoms with Crippen LogP contribution in [0.15, 0.2) is 12.0 Å². The van der Waals surface area contributed by atoms with E-state index < -0.39 is 6.41 Å². The Kier molecular flexibility index (Phi) is 12.9. The Labute approximate surface area is 163 Å². The fraction of sp³-hybridized carbons (Fsp3) is 0.913. The molecule has 1 heterocycles. The van der Waals surface area contributed by atoms with Crippen molar-refractivity contribution in [2.24, 2.45) is 5.41 Å². The minimum Gasteiger partial charge on any atom is -0.449 e. The first-order valence-electron chi connectivity index (χ1n) is 11.5. The lowest BCUT2D eigenvalue weighted by Gasteiger charge is -2.32. The number of hydrogen-bond donors (Lipinski definition) is 2. The lowest BCUT2D eigenvalue weighted by Crippen LogP contribution is -2.25. The molecule has 1 rings (SSSR count). The molecule has 0 saturated heterocycles. The fourth-order valence-corrected chi connectivity index (χ4v) is 4.17. The van der Waals surface area contributed by atoms with Crippen molar-refractivity contribution in [1.29, 1.82) is 0 Å². The minimum atomic E-state index is -0.853. The normalized spacial score (nSPS) is 17.1. The van der Waals surface area contributed by atoms with Gasteiger partial charge in [-0.3, -0.25) is 0 Å². The predicted octanol–water partition coefficient (Wildman–Crippen LogP) is 7.01. The zero-order chi connectivity index (χ0) is 19.1. The molecule has 0 fully saturated rings. The average Bonchev–Trinajstić information content (AvgIpc) is 3.09. The first-order chi connectivity index (χ1) is 12.7. The van der Waals surface area contributed by atoms with Gasteiger partial charge in [-0.15, -0.1) is 0 Å². The molecule has 1 atom stereocenters. The fourth-order valence-electron chi connectivity index (χ4n) is 4.17. The second kappa shape index (κ2) is 14.4. The molecule has 0 spiro atoms. The number of aliphatic hydroxyl groups excluding tert-OH is 1. The Morgan fingerprint density at radius 2 is 1.27 bits per heavy atom. The van der Waals surface area contributed by atoms with Gasteiger partial charge in [0.05, 0.1) is 0 Å². The zero-order valence-electron chi connectivity index (χ0n) is 17.8. The molecule has 0 aromatic carbocycles. The SMILES string of the molecule is CCCCCCCCCCCCCCCC(CC)(CC)C1=CNC(O)O1. The van der Waals surface area contributed by atoms with Crippen molar-refractivity contribution in [2.75, 3.05) is 0 Å². The van der Waals surface area contributed by atoms with E-state index in [1.807, 2.05) is 6.20 Å².